The molecule has 1 heterocycles. The molecule has 0 aliphatic heterocycles. The van der Waals surface area contributed by atoms with Crippen LogP contribution < -0.4 is 4.74 Å². The fourth-order valence-corrected chi connectivity index (χ4v) is 1.96. The van der Waals surface area contributed by atoms with Gasteiger partial charge in [0.25, 0.3) is 5.91 Å². The molecule has 2 aromatic rings. The first-order valence-corrected chi connectivity index (χ1v) is 6.11. The van der Waals surface area contributed by atoms with E-state index in [1.165, 1.54) is 6.26 Å². The molecule has 0 unspecified atom stereocenters. The van der Waals surface area contributed by atoms with Crippen molar-refractivity contribution in [1.29, 1.82) is 0 Å². The molecular formula is C14H14ClNO3. The summed E-state index contributed by atoms with van der Waals surface area (Å²) in [6, 6.07) is 9.13. The predicted octanol–water partition coefficient (Wildman–Crippen LogP) is 3.21. The van der Waals surface area contributed by atoms with E-state index in [0.29, 0.717) is 12.1 Å². The highest BCUT2D eigenvalue weighted by Crippen LogP contribution is 2.20. The number of methoxy groups -OCH3 is 1. The van der Waals surface area contributed by atoms with Gasteiger partial charge in [0.15, 0.2) is 0 Å². The summed E-state index contributed by atoms with van der Waals surface area (Å²) in [5, 5.41) is 0.113. The van der Waals surface area contributed by atoms with Crippen LogP contribution >= 0.6 is 11.6 Å². The fraction of sp³-hybridized carbons (Fsp3) is 0.214. The van der Waals surface area contributed by atoms with Gasteiger partial charge in [-0.3, -0.25) is 4.79 Å². The van der Waals surface area contributed by atoms with Crippen LogP contribution in [0.5, 0.6) is 5.75 Å². The SMILES string of the molecule is COc1cccc(CN(C)C(=O)c2ccoc2Cl)c1. The van der Waals surface area contributed by atoms with Gasteiger partial charge in [0.05, 0.1) is 18.9 Å². The number of carbonyl (C=O) groups excluding carboxylic acids is 1. The van der Waals surface area contributed by atoms with Crippen molar-refractivity contribution in [2.45, 2.75) is 6.54 Å². The van der Waals surface area contributed by atoms with E-state index in [4.69, 9.17) is 20.8 Å². The van der Waals surface area contributed by atoms with E-state index in [1.807, 2.05) is 24.3 Å². The highest BCUT2D eigenvalue weighted by atomic mass is 35.5. The number of amides is 1. The van der Waals surface area contributed by atoms with Crippen molar-refractivity contribution in [3.8, 4) is 5.75 Å². The highest BCUT2D eigenvalue weighted by molar-refractivity contribution is 6.32. The molecule has 0 aliphatic rings. The molecule has 0 bridgehead atoms. The van der Waals surface area contributed by atoms with E-state index in [1.54, 1.807) is 25.1 Å². The Bertz CT molecular complexity index is 580. The molecule has 5 heteroatoms. The second-order valence-electron chi connectivity index (χ2n) is 4.12. The molecule has 0 aliphatic carbocycles. The Morgan fingerprint density at radius 2 is 2.21 bits per heavy atom. The predicted molar refractivity (Wildman–Crippen MR) is 72.5 cm³/mol. The van der Waals surface area contributed by atoms with Gasteiger partial charge in [-0.25, -0.2) is 0 Å². The van der Waals surface area contributed by atoms with Crippen LogP contribution in [0.3, 0.4) is 0 Å². The van der Waals surface area contributed by atoms with Gasteiger partial charge in [-0.15, -0.1) is 0 Å². The summed E-state index contributed by atoms with van der Waals surface area (Å²) in [7, 11) is 3.32. The number of ether oxygens (including phenoxy) is 1. The van der Waals surface area contributed by atoms with Crippen molar-refractivity contribution >= 4 is 17.5 Å². The quantitative estimate of drug-likeness (QED) is 0.863. The standard InChI is InChI=1S/C14H14ClNO3/c1-16(14(17)12-6-7-19-13(12)15)9-10-4-3-5-11(8-10)18-2/h3-8H,9H2,1-2H3. The number of halogens is 1. The number of hydrogen-bond donors (Lipinski definition) is 0. The Morgan fingerprint density at radius 1 is 1.42 bits per heavy atom. The zero-order valence-corrected chi connectivity index (χ0v) is 11.5. The summed E-state index contributed by atoms with van der Waals surface area (Å²) < 4.78 is 10.1. The topological polar surface area (TPSA) is 42.7 Å². The van der Waals surface area contributed by atoms with Crippen molar-refractivity contribution in [1.82, 2.24) is 4.90 Å². The number of hydrogen-bond acceptors (Lipinski definition) is 3. The molecule has 0 fully saturated rings. The first-order chi connectivity index (χ1) is 9.11. The zero-order chi connectivity index (χ0) is 13.8. The minimum atomic E-state index is -0.179. The lowest BCUT2D eigenvalue weighted by Gasteiger charge is -2.17. The second kappa shape index (κ2) is 5.80. The van der Waals surface area contributed by atoms with Crippen molar-refractivity contribution in [3.63, 3.8) is 0 Å². The molecule has 4 nitrogen and oxygen atoms in total. The van der Waals surface area contributed by atoms with Crippen molar-refractivity contribution in [3.05, 3.63) is 52.9 Å². The average Bonchev–Trinajstić information content (AvgIpc) is 2.84. The van der Waals surface area contributed by atoms with Gasteiger partial charge in [0, 0.05) is 13.6 Å². The van der Waals surface area contributed by atoms with Crippen LogP contribution in [-0.2, 0) is 6.54 Å². The van der Waals surface area contributed by atoms with E-state index in [-0.39, 0.29) is 11.1 Å². The lowest BCUT2D eigenvalue weighted by molar-refractivity contribution is 0.0784. The average molecular weight is 280 g/mol. The minimum absolute atomic E-state index is 0.113. The molecule has 0 saturated heterocycles. The van der Waals surface area contributed by atoms with Crippen LogP contribution in [0.4, 0.5) is 0 Å². The van der Waals surface area contributed by atoms with Crippen LogP contribution in [0.25, 0.3) is 0 Å². The van der Waals surface area contributed by atoms with Gasteiger partial charge in [0.1, 0.15) is 5.75 Å². The molecule has 1 aromatic carbocycles. The number of carbonyl (C=O) groups is 1. The summed E-state index contributed by atoms with van der Waals surface area (Å²) >= 11 is 5.80. The Labute approximate surface area is 116 Å². The smallest absolute Gasteiger partial charge is 0.258 e. The molecular weight excluding hydrogens is 266 g/mol. The first-order valence-electron chi connectivity index (χ1n) is 5.73. The highest BCUT2D eigenvalue weighted by Gasteiger charge is 2.17. The van der Waals surface area contributed by atoms with Crippen LogP contribution in [0.1, 0.15) is 15.9 Å². The van der Waals surface area contributed by atoms with Gasteiger partial charge in [0.2, 0.25) is 5.22 Å². The first kappa shape index (κ1) is 13.5. The van der Waals surface area contributed by atoms with E-state index in [9.17, 15) is 4.79 Å². The molecule has 2 rings (SSSR count). The summed E-state index contributed by atoms with van der Waals surface area (Å²) in [6.45, 7) is 0.470. The number of rotatable bonds is 4. The summed E-state index contributed by atoms with van der Waals surface area (Å²) in [5.74, 6) is 0.585. The zero-order valence-electron chi connectivity index (χ0n) is 10.7. The Hall–Kier alpha value is -1.94. The molecule has 100 valence electrons. The third kappa shape index (κ3) is 3.09. The number of furan rings is 1. The summed E-state index contributed by atoms with van der Waals surface area (Å²) in [6.07, 6.45) is 1.40. The van der Waals surface area contributed by atoms with Gasteiger partial charge in [-0.05, 0) is 35.4 Å². The van der Waals surface area contributed by atoms with Crippen LogP contribution in [0.2, 0.25) is 5.22 Å². The summed E-state index contributed by atoms with van der Waals surface area (Å²) in [5.41, 5.74) is 1.35. The molecule has 19 heavy (non-hydrogen) atoms. The molecule has 0 spiro atoms. The van der Waals surface area contributed by atoms with Crippen LogP contribution in [0.15, 0.2) is 41.0 Å². The molecule has 1 aromatic heterocycles. The van der Waals surface area contributed by atoms with Gasteiger partial charge in [-0.1, -0.05) is 12.1 Å². The molecule has 1 amide bonds. The maximum Gasteiger partial charge on any atom is 0.258 e. The van der Waals surface area contributed by atoms with E-state index in [2.05, 4.69) is 0 Å². The lowest BCUT2D eigenvalue weighted by atomic mass is 10.2. The van der Waals surface area contributed by atoms with Gasteiger partial charge >= 0.3 is 0 Å². The van der Waals surface area contributed by atoms with Crippen LogP contribution in [-0.4, -0.2) is 25.0 Å². The lowest BCUT2D eigenvalue weighted by Crippen LogP contribution is -2.26. The van der Waals surface area contributed by atoms with Crippen LogP contribution in [0, 0.1) is 0 Å². The van der Waals surface area contributed by atoms with E-state index >= 15 is 0 Å². The maximum atomic E-state index is 12.1. The normalized spacial score (nSPS) is 10.3. The Kier molecular flexibility index (Phi) is 4.12. The Morgan fingerprint density at radius 3 is 2.84 bits per heavy atom. The Balaban J connectivity index is 2.10. The largest absolute Gasteiger partial charge is 0.497 e. The van der Waals surface area contributed by atoms with Crippen molar-refractivity contribution in [2.24, 2.45) is 0 Å². The molecule has 0 saturated carbocycles. The van der Waals surface area contributed by atoms with Gasteiger partial charge in [-0.2, -0.15) is 0 Å². The van der Waals surface area contributed by atoms with Gasteiger partial charge < -0.3 is 14.1 Å². The van der Waals surface area contributed by atoms with E-state index in [0.717, 1.165) is 11.3 Å². The number of nitrogens with zero attached hydrogens (tertiary/aromatic N) is 1. The van der Waals surface area contributed by atoms with Crippen molar-refractivity contribution < 1.29 is 13.9 Å². The monoisotopic (exact) mass is 279 g/mol. The fourth-order valence-electron chi connectivity index (χ4n) is 1.77. The molecule has 0 radical (unpaired) electrons. The van der Waals surface area contributed by atoms with E-state index < -0.39 is 0 Å². The molecule has 0 N–H and O–H groups in total. The molecule has 0 atom stereocenters. The maximum absolute atomic E-state index is 12.1. The third-order valence-corrected chi connectivity index (χ3v) is 3.04. The second-order valence-corrected chi connectivity index (χ2v) is 4.46. The van der Waals surface area contributed by atoms with Crippen molar-refractivity contribution in [2.75, 3.05) is 14.2 Å². The number of benzene rings is 1. The minimum Gasteiger partial charge on any atom is -0.497 e. The third-order valence-electron chi connectivity index (χ3n) is 2.75. The summed E-state index contributed by atoms with van der Waals surface area (Å²) in [4.78, 5) is 13.7.